The summed E-state index contributed by atoms with van der Waals surface area (Å²) in [6, 6.07) is 0. The van der Waals surface area contributed by atoms with Gasteiger partial charge in [0.05, 0.1) is 0 Å². The van der Waals surface area contributed by atoms with Crippen LogP contribution in [-0.2, 0) is 4.57 Å². The fourth-order valence-electron chi connectivity index (χ4n) is 0. The number of phosphoric acid groups is 1. The number of halogens is 1. The van der Waals surface area contributed by atoms with Gasteiger partial charge in [-0.05, 0) is 0 Å². The quantitative estimate of drug-likeness (QED) is 0.271. The molecule has 0 amide bonds. The van der Waals surface area contributed by atoms with Crippen LogP contribution < -0.4 is 6.15 Å². The van der Waals surface area contributed by atoms with Crippen LogP contribution in [-0.4, -0.2) is 66.1 Å². The van der Waals surface area contributed by atoms with Crippen molar-refractivity contribution in [3.63, 3.8) is 0 Å². The minimum absolute atomic E-state index is 0. The molecule has 0 spiro atoms. The number of hydrogen-bond donors (Lipinski definition) is 4. The fourth-order valence-corrected chi connectivity index (χ4v) is 0. The van der Waals surface area contributed by atoms with E-state index in [0.717, 1.165) is 0 Å². The van der Waals surface area contributed by atoms with E-state index in [1.165, 1.54) is 0 Å². The van der Waals surface area contributed by atoms with E-state index in [0.29, 0.717) is 0 Å². The summed E-state index contributed by atoms with van der Waals surface area (Å²) in [7, 11) is -4.64. The third kappa shape index (κ3) is 126. The Morgan fingerprint density at radius 2 is 1.12 bits per heavy atom. The molecule has 0 aliphatic carbocycles. The molecule has 0 heterocycles. The zero-order chi connectivity index (χ0) is 4.50. The van der Waals surface area contributed by atoms with Gasteiger partial charge in [-0.15, -0.1) is 0 Å². The maximum absolute atomic E-state index is 8.88. The van der Waals surface area contributed by atoms with Gasteiger partial charge < -0.3 is 20.8 Å². The van der Waals surface area contributed by atoms with Crippen LogP contribution in [0.4, 0.5) is 4.70 Å². The van der Waals surface area contributed by atoms with Crippen molar-refractivity contribution < 1.29 is 23.9 Å². The standard InChI is InChI=1S/FH.K.H3N.H3O4P.H/c;;;1-5(2,3)4;/h1H;;1H3;(H3,1,2,3,4);. The van der Waals surface area contributed by atoms with E-state index in [-0.39, 0.29) is 62.2 Å². The molecular weight excluding hydrogens is 167 g/mol. The van der Waals surface area contributed by atoms with Crippen LogP contribution in [0.5, 0.6) is 0 Å². The molecule has 0 aliphatic rings. The van der Waals surface area contributed by atoms with E-state index in [1.54, 1.807) is 0 Å². The van der Waals surface area contributed by atoms with Gasteiger partial charge in [0.1, 0.15) is 0 Å². The molecule has 0 saturated heterocycles. The summed E-state index contributed by atoms with van der Waals surface area (Å²) >= 11 is 0. The molecule has 0 aromatic carbocycles. The molecule has 8 heavy (non-hydrogen) atoms. The Kier molecular flexibility index (Phi) is 24.4. The van der Waals surface area contributed by atoms with Gasteiger partial charge in [-0.2, -0.15) is 0 Å². The maximum atomic E-state index is 8.88. The summed E-state index contributed by atoms with van der Waals surface area (Å²) in [5.41, 5.74) is 0. The Morgan fingerprint density at radius 3 is 1.12 bits per heavy atom. The topological polar surface area (TPSA) is 113 Å². The van der Waals surface area contributed by atoms with Crippen LogP contribution in [0, 0.1) is 0 Å². The number of rotatable bonds is 0. The van der Waals surface area contributed by atoms with Gasteiger partial charge in [0.25, 0.3) is 0 Å². The Bertz CT molecular complexity index is 62.2. The van der Waals surface area contributed by atoms with Crippen LogP contribution in [0.2, 0.25) is 0 Å². The first-order valence-electron chi connectivity index (χ1n) is 0.783. The van der Waals surface area contributed by atoms with Gasteiger partial charge in [0.2, 0.25) is 0 Å². The SMILES string of the molecule is F.N.O=P(O)(O)O.[KH]. The minimum atomic E-state index is -4.64. The Balaban J connectivity index is -0.0000000267. The van der Waals surface area contributed by atoms with Crippen molar-refractivity contribution in [1.82, 2.24) is 6.15 Å². The average molecular weight is 175 g/mol. The second-order valence-electron chi connectivity index (χ2n) is 0.513. The zero-order valence-corrected chi connectivity index (χ0v) is 4.21. The van der Waals surface area contributed by atoms with Gasteiger partial charge in [0.15, 0.2) is 0 Å². The molecule has 0 aromatic rings. The molecule has 0 bridgehead atoms. The van der Waals surface area contributed by atoms with Gasteiger partial charge in [-0.25, -0.2) is 4.57 Å². The summed E-state index contributed by atoms with van der Waals surface area (Å²) in [4.78, 5) is 21.6. The van der Waals surface area contributed by atoms with Crippen molar-refractivity contribution >= 4 is 59.2 Å². The first-order chi connectivity index (χ1) is 2.00. The molecule has 8 heteroatoms. The second-order valence-corrected chi connectivity index (χ2v) is 1.54. The van der Waals surface area contributed by atoms with E-state index >= 15 is 0 Å². The summed E-state index contributed by atoms with van der Waals surface area (Å²) in [5, 5.41) is 0. The molecule has 0 rings (SSSR count). The molecular formula is H8FKNO4P. The summed E-state index contributed by atoms with van der Waals surface area (Å²) < 4.78 is 8.88. The summed E-state index contributed by atoms with van der Waals surface area (Å²) in [6.07, 6.45) is 0. The van der Waals surface area contributed by atoms with Crippen molar-refractivity contribution in [1.29, 1.82) is 0 Å². The zero-order valence-electron chi connectivity index (χ0n) is 3.31. The molecule has 6 N–H and O–H groups in total. The van der Waals surface area contributed by atoms with Gasteiger partial charge in [0, 0.05) is 0 Å². The van der Waals surface area contributed by atoms with Crippen molar-refractivity contribution in [2.45, 2.75) is 0 Å². The molecule has 5 nitrogen and oxygen atoms in total. The molecule has 0 radical (unpaired) electrons. The van der Waals surface area contributed by atoms with Gasteiger partial charge in [-0.3, -0.25) is 4.70 Å². The monoisotopic (exact) mass is 175 g/mol. The molecule has 50 valence electrons. The Morgan fingerprint density at radius 1 is 1.12 bits per heavy atom. The van der Waals surface area contributed by atoms with Crippen LogP contribution in [0.25, 0.3) is 0 Å². The van der Waals surface area contributed by atoms with Crippen LogP contribution in [0.15, 0.2) is 0 Å². The third-order valence-corrected chi connectivity index (χ3v) is 0. The molecule has 0 fully saturated rings. The van der Waals surface area contributed by atoms with Crippen LogP contribution in [0.3, 0.4) is 0 Å². The first-order valence-corrected chi connectivity index (χ1v) is 2.35. The molecule has 0 aliphatic heterocycles. The predicted octanol–water partition coefficient (Wildman–Crippen LogP) is -1.26. The molecule has 0 aromatic heterocycles. The predicted molar refractivity (Wildman–Crippen MR) is 28.9 cm³/mol. The van der Waals surface area contributed by atoms with Gasteiger partial charge >= 0.3 is 59.2 Å². The average Bonchev–Trinajstić information content (AvgIpc) is 0.722. The van der Waals surface area contributed by atoms with Crippen LogP contribution >= 0.6 is 7.82 Å². The molecule has 0 saturated carbocycles. The summed E-state index contributed by atoms with van der Waals surface area (Å²) in [5.74, 6) is 0. The van der Waals surface area contributed by atoms with Crippen LogP contribution in [0.1, 0.15) is 0 Å². The summed E-state index contributed by atoms with van der Waals surface area (Å²) in [6.45, 7) is 0. The van der Waals surface area contributed by atoms with E-state index < -0.39 is 7.82 Å². The van der Waals surface area contributed by atoms with Crippen molar-refractivity contribution in [2.75, 3.05) is 0 Å². The van der Waals surface area contributed by atoms with E-state index in [9.17, 15) is 0 Å². The second kappa shape index (κ2) is 8.64. The molecule has 0 atom stereocenters. The Hall–Kier alpha value is 1.64. The number of hydrogen-bond acceptors (Lipinski definition) is 2. The van der Waals surface area contributed by atoms with Gasteiger partial charge in [-0.1, -0.05) is 0 Å². The normalized spacial score (nSPS) is 7.38. The third-order valence-electron chi connectivity index (χ3n) is 0. The van der Waals surface area contributed by atoms with Crippen molar-refractivity contribution in [3.05, 3.63) is 0 Å². The van der Waals surface area contributed by atoms with Crippen molar-refractivity contribution in [3.8, 4) is 0 Å². The van der Waals surface area contributed by atoms with E-state index in [2.05, 4.69) is 0 Å². The fraction of sp³-hybridized carbons (Fsp3) is 0. The first kappa shape index (κ1) is 22.6. The van der Waals surface area contributed by atoms with E-state index in [1.807, 2.05) is 0 Å². The van der Waals surface area contributed by atoms with Crippen molar-refractivity contribution in [2.24, 2.45) is 0 Å². The van der Waals surface area contributed by atoms with E-state index in [4.69, 9.17) is 19.2 Å². The molecule has 0 unspecified atom stereocenters. The Labute approximate surface area is 88.1 Å².